The monoisotopic (exact) mass is 426 g/mol. The molecule has 0 aromatic carbocycles. The fourth-order valence-electron chi connectivity index (χ4n) is 10.1. The van der Waals surface area contributed by atoms with Gasteiger partial charge in [-0.15, -0.1) is 0 Å². The highest BCUT2D eigenvalue weighted by atomic mass is 16.3. The van der Waals surface area contributed by atoms with Gasteiger partial charge in [0.25, 0.3) is 0 Å². The highest BCUT2D eigenvalue weighted by Crippen LogP contribution is 2.69. The van der Waals surface area contributed by atoms with Crippen LogP contribution in [0.2, 0.25) is 0 Å². The molecule has 1 nitrogen and oxygen atoms in total. The molecule has 0 spiro atoms. The number of allylic oxidation sites excluding steroid dienone is 1. The van der Waals surface area contributed by atoms with Crippen molar-refractivity contribution in [3.05, 3.63) is 11.6 Å². The molecule has 0 heterocycles. The fourth-order valence-corrected chi connectivity index (χ4v) is 10.1. The van der Waals surface area contributed by atoms with Gasteiger partial charge in [-0.25, -0.2) is 0 Å². The fraction of sp³-hybridized carbons (Fsp3) is 0.933. The van der Waals surface area contributed by atoms with E-state index in [1.807, 2.05) is 0 Å². The van der Waals surface area contributed by atoms with Crippen LogP contribution in [0, 0.1) is 64.1 Å². The van der Waals surface area contributed by atoms with Gasteiger partial charge in [-0.3, -0.25) is 0 Å². The molecule has 4 unspecified atom stereocenters. The average molecular weight is 427 g/mol. The normalized spacial score (nSPS) is 51.7. The standard InChI is InChI=1S/C30H50O/c1-7-18(2)19(3)24-17-25(24)20(4)26-10-11-27-23-9-8-21-16-22(31)12-14-29(21,5)28(23)13-15-30(26,27)6/h8,18-20,22-28,31H,7,9-17H2,1-6H3/t18?,19-,20+,22-,23?,24+,25+,26+,27?,28?,29-,30+/m0/s1. The molecule has 0 amide bonds. The van der Waals surface area contributed by atoms with Gasteiger partial charge in [-0.05, 0) is 122 Å². The third-order valence-electron chi connectivity index (χ3n) is 12.6. The van der Waals surface area contributed by atoms with Crippen LogP contribution >= 0.6 is 0 Å². The summed E-state index contributed by atoms with van der Waals surface area (Å²) >= 11 is 0. The van der Waals surface area contributed by atoms with Crippen molar-refractivity contribution in [1.29, 1.82) is 0 Å². The molecule has 12 atom stereocenters. The zero-order chi connectivity index (χ0) is 22.1. The van der Waals surface area contributed by atoms with Gasteiger partial charge in [-0.1, -0.05) is 59.6 Å². The van der Waals surface area contributed by atoms with Crippen molar-refractivity contribution < 1.29 is 5.11 Å². The number of fused-ring (bicyclic) bond motifs is 5. The summed E-state index contributed by atoms with van der Waals surface area (Å²) in [5.41, 5.74) is 2.60. The quantitative estimate of drug-likeness (QED) is 0.443. The van der Waals surface area contributed by atoms with Gasteiger partial charge in [0.1, 0.15) is 0 Å². The summed E-state index contributed by atoms with van der Waals surface area (Å²) in [6.07, 6.45) is 15.8. The highest BCUT2D eigenvalue weighted by molar-refractivity contribution is 5.25. The Bertz CT molecular complexity index is 709. The summed E-state index contributed by atoms with van der Waals surface area (Å²) in [6, 6.07) is 0. The van der Waals surface area contributed by atoms with E-state index in [2.05, 4.69) is 47.6 Å². The van der Waals surface area contributed by atoms with Gasteiger partial charge in [0.05, 0.1) is 6.10 Å². The summed E-state index contributed by atoms with van der Waals surface area (Å²) in [7, 11) is 0. The van der Waals surface area contributed by atoms with E-state index in [9.17, 15) is 5.11 Å². The predicted octanol–water partition coefficient (Wildman–Crippen LogP) is 7.88. The van der Waals surface area contributed by atoms with Crippen LogP contribution in [0.25, 0.3) is 0 Å². The molecule has 31 heavy (non-hydrogen) atoms. The van der Waals surface area contributed by atoms with Gasteiger partial charge >= 0.3 is 0 Å². The van der Waals surface area contributed by atoms with Crippen LogP contribution < -0.4 is 0 Å². The molecule has 0 saturated heterocycles. The summed E-state index contributed by atoms with van der Waals surface area (Å²) in [4.78, 5) is 0. The van der Waals surface area contributed by atoms with Crippen molar-refractivity contribution in [1.82, 2.24) is 0 Å². The second-order valence-electron chi connectivity index (χ2n) is 13.6. The Labute approximate surface area is 192 Å². The second kappa shape index (κ2) is 7.89. The van der Waals surface area contributed by atoms with E-state index in [4.69, 9.17) is 0 Å². The Hall–Kier alpha value is -0.300. The topological polar surface area (TPSA) is 20.2 Å². The zero-order valence-electron chi connectivity index (χ0n) is 21.4. The molecule has 0 aromatic heterocycles. The maximum Gasteiger partial charge on any atom is 0.0577 e. The molecule has 1 N–H and O–H groups in total. The van der Waals surface area contributed by atoms with Crippen molar-refractivity contribution >= 4 is 0 Å². The van der Waals surface area contributed by atoms with E-state index in [1.54, 1.807) is 5.57 Å². The van der Waals surface area contributed by atoms with E-state index in [0.717, 1.165) is 66.1 Å². The summed E-state index contributed by atoms with van der Waals surface area (Å²) in [6.45, 7) is 15.4. The number of aliphatic hydroxyl groups excluding tert-OH is 1. The van der Waals surface area contributed by atoms with Crippen LogP contribution in [0.4, 0.5) is 0 Å². The first kappa shape index (κ1) is 22.5. The van der Waals surface area contributed by atoms with Crippen LogP contribution in [0.5, 0.6) is 0 Å². The molecule has 0 bridgehead atoms. The van der Waals surface area contributed by atoms with Crippen LogP contribution in [0.3, 0.4) is 0 Å². The van der Waals surface area contributed by atoms with Gasteiger partial charge < -0.3 is 5.11 Å². The van der Waals surface area contributed by atoms with Gasteiger partial charge in [0.15, 0.2) is 0 Å². The van der Waals surface area contributed by atoms with E-state index >= 15 is 0 Å². The van der Waals surface area contributed by atoms with Crippen LogP contribution in [-0.2, 0) is 0 Å². The first-order valence-electron chi connectivity index (χ1n) is 14.1. The lowest BCUT2D eigenvalue weighted by Gasteiger charge is -2.58. The minimum absolute atomic E-state index is 0.0780. The van der Waals surface area contributed by atoms with Crippen molar-refractivity contribution in [3.63, 3.8) is 0 Å². The lowest BCUT2D eigenvalue weighted by Crippen LogP contribution is -2.51. The largest absolute Gasteiger partial charge is 0.393 e. The minimum atomic E-state index is -0.0780. The Morgan fingerprint density at radius 3 is 2.52 bits per heavy atom. The molecule has 4 fully saturated rings. The number of aliphatic hydroxyl groups is 1. The third kappa shape index (κ3) is 3.41. The second-order valence-corrected chi connectivity index (χ2v) is 13.6. The van der Waals surface area contributed by atoms with Crippen molar-refractivity contribution in [2.45, 2.75) is 112 Å². The van der Waals surface area contributed by atoms with Crippen molar-refractivity contribution in [2.24, 2.45) is 64.1 Å². The number of hydrogen-bond donors (Lipinski definition) is 1. The van der Waals surface area contributed by atoms with Gasteiger partial charge in [-0.2, -0.15) is 0 Å². The Morgan fingerprint density at radius 1 is 1.00 bits per heavy atom. The maximum atomic E-state index is 10.3. The van der Waals surface area contributed by atoms with Crippen LogP contribution in [0.15, 0.2) is 11.6 Å². The minimum Gasteiger partial charge on any atom is -0.393 e. The third-order valence-corrected chi connectivity index (χ3v) is 12.6. The molecular weight excluding hydrogens is 376 g/mol. The first-order chi connectivity index (χ1) is 14.7. The zero-order valence-corrected chi connectivity index (χ0v) is 21.4. The Kier molecular flexibility index (Phi) is 5.72. The predicted molar refractivity (Wildman–Crippen MR) is 131 cm³/mol. The Morgan fingerprint density at radius 2 is 1.77 bits per heavy atom. The SMILES string of the molecule is CCC(C)[C@H](C)[C@H]1C[C@@H]1[C@@H](C)[C@H]1CCC2C3CC=C4C[C@@H](O)CC[C@]4(C)C3CC[C@@]21C. The van der Waals surface area contributed by atoms with Gasteiger partial charge in [0.2, 0.25) is 0 Å². The molecule has 176 valence electrons. The van der Waals surface area contributed by atoms with Crippen molar-refractivity contribution in [2.75, 3.05) is 0 Å². The van der Waals surface area contributed by atoms with Gasteiger partial charge in [0, 0.05) is 0 Å². The lowest BCUT2D eigenvalue weighted by molar-refractivity contribution is -0.0586. The smallest absolute Gasteiger partial charge is 0.0577 e. The molecule has 0 aliphatic heterocycles. The summed E-state index contributed by atoms with van der Waals surface area (Å²) in [5.74, 6) is 8.46. The average Bonchev–Trinajstić information content (AvgIpc) is 3.47. The molecule has 5 aliphatic rings. The first-order valence-corrected chi connectivity index (χ1v) is 14.1. The molecule has 5 rings (SSSR count). The molecule has 0 radical (unpaired) electrons. The molecular formula is C30H50O. The number of hydrogen-bond acceptors (Lipinski definition) is 1. The van der Waals surface area contributed by atoms with Crippen molar-refractivity contribution in [3.8, 4) is 0 Å². The Balaban J connectivity index is 1.32. The maximum absolute atomic E-state index is 10.3. The molecule has 4 saturated carbocycles. The van der Waals surface area contributed by atoms with E-state index in [1.165, 1.54) is 51.4 Å². The lowest BCUT2D eigenvalue weighted by atomic mass is 9.47. The molecule has 1 heteroatoms. The molecule has 0 aromatic rings. The van der Waals surface area contributed by atoms with Crippen LogP contribution in [0.1, 0.15) is 106 Å². The highest BCUT2D eigenvalue weighted by Gasteiger charge is 2.61. The van der Waals surface area contributed by atoms with E-state index in [0.29, 0.717) is 10.8 Å². The number of rotatable bonds is 5. The summed E-state index contributed by atoms with van der Waals surface area (Å²) < 4.78 is 0. The van der Waals surface area contributed by atoms with Crippen LogP contribution in [-0.4, -0.2) is 11.2 Å². The molecule has 5 aliphatic carbocycles. The van der Waals surface area contributed by atoms with E-state index < -0.39 is 0 Å². The summed E-state index contributed by atoms with van der Waals surface area (Å²) in [5, 5.41) is 10.3. The van der Waals surface area contributed by atoms with E-state index in [-0.39, 0.29) is 6.10 Å².